The molecule has 0 spiro atoms. The molecule has 1 aromatic rings. The van der Waals surface area contributed by atoms with Crippen LogP contribution >= 0.6 is 15.9 Å². The van der Waals surface area contributed by atoms with Crippen molar-refractivity contribution in [2.75, 3.05) is 19.0 Å². The van der Waals surface area contributed by atoms with Gasteiger partial charge in [0.1, 0.15) is 5.75 Å². The number of aliphatic carboxylic acids is 1. The first-order chi connectivity index (χ1) is 9.43. The molecular weight excluding hydrogens is 328 g/mol. The average Bonchev–Trinajstić information content (AvgIpc) is 2.40. The van der Waals surface area contributed by atoms with Crippen LogP contribution in [-0.4, -0.2) is 30.8 Å². The molecule has 6 nitrogen and oxygen atoms in total. The first-order valence-corrected chi connectivity index (χ1v) is 6.84. The maximum atomic E-state index is 11.6. The minimum atomic E-state index is -0.871. The van der Waals surface area contributed by atoms with Gasteiger partial charge in [-0.05, 0) is 34.5 Å². The highest BCUT2D eigenvalue weighted by Crippen LogP contribution is 2.27. The van der Waals surface area contributed by atoms with Gasteiger partial charge in [0.15, 0.2) is 0 Å². The molecule has 0 radical (unpaired) electrons. The topological polar surface area (TPSA) is 87.7 Å². The van der Waals surface area contributed by atoms with Gasteiger partial charge in [-0.1, -0.05) is 6.92 Å². The molecule has 2 amide bonds. The van der Waals surface area contributed by atoms with Crippen LogP contribution in [0.5, 0.6) is 5.75 Å². The van der Waals surface area contributed by atoms with Crippen molar-refractivity contribution in [2.24, 2.45) is 5.92 Å². The van der Waals surface area contributed by atoms with E-state index in [4.69, 9.17) is 9.84 Å². The highest BCUT2D eigenvalue weighted by atomic mass is 79.9. The summed E-state index contributed by atoms with van der Waals surface area (Å²) < 4.78 is 5.92. The molecule has 0 aliphatic rings. The third-order valence-electron chi connectivity index (χ3n) is 2.69. The summed E-state index contributed by atoms with van der Waals surface area (Å²) in [4.78, 5) is 22.2. The Morgan fingerprint density at radius 1 is 1.45 bits per heavy atom. The number of ether oxygens (including phenoxy) is 1. The molecule has 3 N–H and O–H groups in total. The lowest BCUT2D eigenvalue weighted by atomic mass is 10.1. The molecule has 0 aliphatic carbocycles. The molecule has 0 fully saturated rings. The molecule has 0 saturated heterocycles. The van der Waals surface area contributed by atoms with Gasteiger partial charge in [-0.25, -0.2) is 4.79 Å². The van der Waals surface area contributed by atoms with Crippen LogP contribution < -0.4 is 15.4 Å². The fourth-order valence-corrected chi connectivity index (χ4v) is 1.85. The number of rotatable bonds is 6. The molecule has 0 aromatic heterocycles. The number of benzene rings is 1. The molecule has 1 atom stereocenters. The summed E-state index contributed by atoms with van der Waals surface area (Å²) in [5.74, 6) is -0.741. The average molecular weight is 345 g/mol. The molecule has 1 unspecified atom stereocenters. The number of carbonyl (C=O) groups is 2. The minimum absolute atomic E-state index is 0.299. The van der Waals surface area contributed by atoms with Crippen LogP contribution in [0.25, 0.3) is 0 Å². The van der Waals surface area contributed by atoms with Crippen molar-refractivity contribution in [3.05, 3.63) is 22.7 Å². The van der Waals surface area contributed by atoms with E-state index in [1.807, 2.05) is 0 Å². The first-order valence-electron chi connectivity index (χ1n) is 6.05. The molecule has 0 aliphatic heterocycles. The number of nitrogens with one attached hydrogen (secondary N) is 2. The zero-order valence-corrected chi connectivity index (χ0v) is 12.9. The van der Waals surface area contributed by atoms with E-state index in [0.717, 1.165) is 4.47 Å². The van der Waals surface area contributed by atoms with E-state index in [-0.39, 0.29) is 6.03 Å². The molecule has 0 saturated carbocycles. The summed E-state index contributed by atoms with van der Waals surface area (Å²) in [6.45, 7) is 1.90. The molecule has 1 rings (SSSR count). The van der Waals surface area contributed by atoms with Gasteiger partial charge in [0.05, 0.1) is 17.5 Å². The van der Waals surface area contributed by atoms with Gasteiger partial charge in [0.2, 0.25) is 0 Å². The van der Waals surface area contributed by atoms with Crippen molar-refractivity contribution < 1.29 is 19.4 Å². The lowest BCUT2D eigenvalue weighted by Crippen LogP contribution is -2.31. The van der Waals surface area contributed by atoms with Crippen LogP contribution in [0.15, 0.2) is 22.7 Å². The van der Waals surface area contributed by atoms with E-state index in [0.29, 0.717) is 24.4 Å². The second-order valence-electron chi connectivity index (χ2n) is 4.26. The standard InChI is InChI=1S/C13H17BrN2O4/c1-8(12(17)18)5-6-15-13(19)16-9-3-4-10(14)11(7-9)20-2/h3-4,7-8H,5-6H2,1-2H3,(H,17,18)(H2,15,16,19). The summed E-state index contributed by atoms with van der Waals surface area (Å²) >= 11 is 3.32. The van der Waals surface area contributed by atoms with Crippen molar-refractivity contribution >= 4 is 33.6 Å². The zero-order valence-electron chi connectivity index (χ0n) is 11.3. The number of methoxy groups -OCH3 is 1. The number of amides is 2. The number of anilines is 1. The number of carbonyl (C=O) groups excluding carboxylic acids is 1. The van der Waals surface area contributed by atoms with Gasteiger partial charge < -0.3 is 20.5 Å². The fraction of sp³-hybridized carbons (Fsp3) is 0.385. The SMILES string of the molecule is COc1cc(NC(=O)NCCC(C)C(=O)O)ccc1Br. The summed E-state index contributed by atoms with van der Waals surface area (Å²) in [5.41, 5.74) is 0.592. The highest BCUT2D eigenvalue weighted by molar-refractivity contribution is 9.10. The summed E-state index contributed by atoms with van der Waals surface area (Å²) in [7, 11) is 1.54. The Bertz CT molecular complexity index is 493. The van der Waals surface area contributed by atoms with Crippen molar-refractivity contribution in [3.8, 4) is 5.75 Å². The first kappa shape index (κ1) is 16.3. The smallest absolute Gasteiger partial charge is 0.319 e. The van der Waals surface area contributed by atoms with Crippen LogP contribution in [0.4, 0.5) is 10.5 Å². The third-order valence-corrected chi connectivity index (χ3v) is 3.35. The molecule has 20 heavy (non-hydrogen) atoms. The van der Waals surface area contributed by atoms with Crippen LogP contribution in [0.2, 0.25) is 0 Å². The van der Waals surface area contributed by atoms with E-state index in [2.05, 4.69) is 26.6 Å². The van der Waals surface area contributed by atoms with Crippen LogP contribution in [-0.2, 0) is 4.79 Å². The summed E-state index contributed by atoms with van der Waals surface area (Å²) in [6, 6.07) is 4.79. The summed E-state index contributed by atoms with van der Waals surface area (Å²) in [6.07, 6.45) is 0.381. The van der Waals surface area contributed by atoms with E-state index >= 15 is 0 Å². The van der Waals surface area contributed by atoms with Gasteiger partial charge in [-0.2, -0.15) is 0 Å². The Balaban J connectivity index is 2.44. The number of hydrogen-bond acceptors (Lipinski definition) is 3. The van der Waals surface area contributed by atoms with Crippen molar-refractivity contribution in [3.63, 3.8) is 0 Å². The number of halogens is 1. The number of urea groups is 1. The lowest BCUT2D eigenvalue weighted by molar-refractivity contribution is -0.141. The Labute approximate surface area is 125 Å². The largest absolute Gasteiger partial charge is 0.495 e. The molecule has 0 bridgehead atoms. The van der Waals surface area contributed by atoms with Gasteiger partial charge in [-0.3, -0.25) is 4.79 Å². The van der Waals surface area contributed by atoms with Crippen molar-refractivity contribution in [1.29, 1.82) is 0 Å². The molecule has 1 aromatic carbocycles. The Morgan fingerprint density at radius 3 is 2.75 bits per heavy atom. The predicted molar refractivity (Wildman–Crippen MR) is 79.1 cm³/mol. The van der Waals surface area contributed by atoms with Gasteiger partial charge in [0, 0.05) is 18.3 Å². The van der Waals surface area contributed by atoms with E-state index in [1.54, 1.807) is 25.1 Å². The second-order valence-corrected chi connectivity index (χ2v) is 5.11. The number of hydrogen-bond donors (Lipinski definition) is 3. The normalized spacial score (nSPS) is 11.6. The lowest BCUT2D eigenvalue weighted by Gasteiger charge is -2.10. The predicted octanol–water partition coefficient (Wildman–Crippen LogP) is 2.69. The maximum absolute atomic E-state index is 11.6. The van der Waals surface area contributed by atoms with E-state index in [1.165, 1.54) is 7.11 Å². The van der Waals surface area contributed by atoms with E-state index in [9.17, 15) is 9.59 Å². The van der Waals surface area contributed by atoms with Gasteiger partial charge in [0.25, 0.3) is 0 Å². The highest BCUT2D eigenvalue weighted by Gasteiger charge is 2.11. The molecule has 110 valence electrons. The zero-order chi connectivity index (χ0) is 15.1. The van der Waals surface area contributed by atoms with E-state index < -0.39 is 11.9 Å². The summed E-state index contributed by atoms with van der Waals surface area (Å²) in [5, 5.41) is 14.0. The number of carboxylic acids is 1. The monoisotopic (exact) mass is 344 g/mol. The Kier molecular flexibility index (Phi) is 6.30. The molecule has 7 heteroatoms. The number of carboxylic acid groups (broad SMARTS) is 1. The Morgan fingerprint density at radius 2 is 2.15 bits per heavy atom. The minimum Gasteiger partial charge on any atom is -0.495 e. The second kappa shape index (κ2) is 7.74. The molecule has 0 heterocycles. The maximum Gasteiger partial charge on any atom is 0.319 e. The van der Waals surface area contributed by atoms with Gasteiger partial charge >= 0.3 is 12.0 Å². The van der Waals surface area contributed by atoms with Crippen LogP contribution in [0.3, 0.4) is 0 Å². The van der Waals surface area contributed by atoms with Crippen LogP contribution in [0.1, 0.15) is 13.3 Å². The van der Waals surface area contributed by atoms with Crippen molar-refractivity contribution in [2.45, 2.75) is 13.3 Å². The molecular formula is C13H17BrN2O4. The fourth-order valence-electron chi connectivity index (χ4n) is 1.44. The third kappa shape index (κ3) is 5.08. The van der Waals surface area contributed by atoms with Gasteiger partial charge in [-0.15, -0.1) is 0 Å². The Hall–Kier alpha value is -1.76. The van der Waals surface area contributed by atoms with Crippen LogP contribution in [0, 0.1) is 5.92 Å². The quantitative estimate of drug-likeness (QED) is 0.740. The van der Waals surface area contributed by atoms with Crippen molar-refractivity contribution in [1.82, 2.24) is 5.32 Å².